The van der Waals surface area contributed by atoms with E-state index in [9.17, 15) is 14.4 Å². The number of unbranched alkanes of at least 4 members (excludes halogenated alkanes) is 28. The average molecular weight is 717 g/mol. The number of aliphatic carboxylic acids is 4. The van der Waals surface area contributed by atoms with Crippen LogP contribution in [-0.2, 0) is 19.2 Å². The molecular formula is C42H84O8. The molecule has 0 spiro atoms. The predicted molar refractivity (Wildman–Crippen MR) is 210 cm³/mol. The molecule has 0 unspecified atom stereocenters. The third-order valence-electron chi connectivity index (χ3n) is 8.48. The third kappa shape index (κ3) is 76.0. The van der Waals surface area contributed by atoms with Crippen LogP contribution in [0.15, 0.2) is 0 Å². The first-order valence-electron chi connectivity index (χ1n) is 20.9. The zero-order chi connectivity index (χ0) is 38.4. The second-order valence-corrected chi connectivity index (χ2v) is 13.8. The number of carbonyl (C=O) groups is 4. The van der Waals surface area contributed by atoms with E-state index in [1.54, 1.807) is 0 Å². The van der Waals surface area contributed by atoms with Crippen molar-refractivity contribution < 1.29 is 39.6 Å². The fraction of sp³-hybridized carbons (Fsp3) is 0.905. The molecule has 8 nitrogen and oxygen atoms in total. The number of carboxylic acids is 4. The minimum Gasteiger partial charge on any atom is -0.481 e. The van der Waals surface area contributed by atoms with Gasteiger partial charge in [-0.1, -0.05) is 201 Å². The first-order chi connectivity index (χ1) is 24.0. The van der Waals surface area contributed by atoms with E-state index < -0.39 is 23.9 Å². The van der Waals surface area contributed by atoms with Gasteiger partial charge in [-0.25, -0.2) is 0 Å². The van der Waals surface area contributed by atoms with Crippen LogP contribution in [0.3, 0.4) is 0 Å². The lowest BCUT2D eigenvalue weighted by Crippen LogP contribution is -1.93. The topological polar surface area (TPSA) is 149 Å². The van der Waals surface area contributed by atoms with Gasteiger partial charge in [0.2, 0.25) is 0 Å². The Labute approximate surface area is 309 Å². The van der Waals surface area contributed by atoms with Crippen molar-refractivity contribution in [1.29, 1.82) is 0 Å². The van der Waals surface area contributed by atoms with Crippen LogP contribution in [0.1, 0.15) is 246 Å². The fourth-order valence-corrected chi connectivity index (χ4v) is 5.47. The van der Waals surface area contributed by atoms with Gasteiger partial charge >= 0.3 is 17.9 Å². The van der Waals surface area contributed by atoms with Crippen LogP contribution < -0.4 is 0 Å². The number of rotatable bonds is 34. The SMILES string of the molecule is CC(=O)O.CCCCCC(=O)O.CCCCCCCCCCCCCCCC(=O)O.CCCCCCCCCCCCCCCCCC(=O)O. The monoisotopic (exact) mass is 717 g/mol. The van der Waals surface area contributed by atoms with Gasteiger partial charge < -0.3 is 20.4 Å². The lowest BCUT2D eigenvalue weighted by Gasteiger charge is -2.03. The van der Waals surface area contributed by atoms with Crippen molar-refractivity contribution in [3.05, 3.63) is 0 Å². The summed E-state index contributed by atoms with van der Waals surface area (Å²) < 4.78 is 0. The van der Waals surface area contributed by atoms with Crippen molar-refractivity contribution in [2.24, 2.45) is 0 Å². The molecule has 0 aliphatic carbocycles. The zero-order valence-electron chi connectivity index (χ0n) is 33.5. The van der Waals surface area contributed by atoms with Crippen molar-refractivity contribution in [3.8, 4) is 0 Å². The summed E-state index contributed by atoms with van der Waals surface area (Å²) in [5, 5.41) is 32.6. The Morgan fingerprint density at radius 1 is 0.280 bits per heavy atom. The van der Waals surface area contributed by atoms with Crippen molar-refractivity contribution in [2.75, 3.05) is 0 Å². The van der Waals surface area contributed by atoms with E-state index in [2.05, 4.69) is 20.8 Å². The van der Waals surface area contributed by atoms with Crippen molar-refractivity contribution in [2.45, 2.75) is 246 Å². The van der Waals surface area contributed by atoms with Crippen molar-refractivity contribution >= 4 is 23.9 Å². The summed E-state index contributed by atoms with van der Waals surface area (Å²) in [6.07, 6.45) is 40.7. The Balaban J connectivity index is -0.000000321. The zero-order valence-corrected chi connectivity index (χ0v) is 33.5. The predicted octanol–water partition coefficient (Wildman–Crippen LogP) is 13.6. The van der Waals surface area contributed by atoms with Gasteiger partial charge in [-0.3, -0.25) is 19.2 Å². The molecule has 0 saturated heterocycles. The highest BCUT2D eigenvalue weighted by Crippen LogP contribution is 2.14. The van der Waals surface area contributed by atoms with Gasteiger partial charge in [0.1, 0.15) is 0 Å². The Morgan fingerprint density at radius 2 is 0.400 bits per heavy atom. The van der Waals surface area contributed by atoms with E-state index in [-0.39, 0.29) is 0 Å². The second kappa shape index (κ2) is 51.3. The molecule has 0 fully saturated rings. The lowest BCUT2D eigenvalue weighted by molar-refractivity contribution is -0.138. The molecule has 0 aromatic heterocycles. The molecule has 0 radical (unpaired) electrons. The molecular weight excluding hydrogens is 632 g/mol. The number of hydrogen-bond acceptors (Lipinski definition) is 4. The Hall–Kier alpha value is -2.12. The number of hydrogen-bond donors (Lipinski definition) is 4. The van der Waals surface area contributed by atoms with Gasteiger partial charge in [0, 0.05) is 26.2 Å². The molecule has 0 aromatic rings. The van der Waals surface area contributed by atoms with E-state index in [1.807, 2.05) is 0 Å². The lowest BCUT2D eigenvalue weighted by atomic mass is 10.0. The highest BCUT2D eigenvalue weighted by Gasteiger charge is 1.98. The van der Waals surface area contributed by atoms with Crippen LogP contribution in [0.2, 0.25) is 0 Å². The average Bonchev–Trinajstić information content (AvgIpc) is 3.05. The summed E-state index contributed by atoms with van der Waals surface area (Å²) >= 11 is 0. The molecule has 50 heavy (non-hydrogen) atoms. The maximum absolute atomic E-state index is 10.3. The van der Waals surface area contributed by atoms with Gasteiger partial charge in [-0.15, -0.1) is 0 Å². The Bertz CT molecular complexity index is 691. The molecule has 300 valence electrons. The second-order valence-electron chi connectivity index (χ2n) is 13.8. The third-order valence-corrected chi connectivity index (χ3v) is 8.48. The van der Waals surface area contributed by atoms with E-state index in [0.29, 0.717) is 19.3 Å². The molecule has 0 aliphatic rings. The standard InChI is InChI=1S/C18H36O2.C16H32O2.C6H12O2.C2H4O2/c1-2-3-4-5-6-7-8-9-10-11-12-13-14-15-16-17-18(19)20;1-2-3-4-5-6-7-8-9-10-11-12-13-14-15-16(17)18;1-2-3-4-5-6(7)8;1-2(3)4/h2-17H2,1H3,(H,19,20);2-15H2,1H3,(H,17,18);2-5H2,1H3,(H,7,8);1H3,(H,3,4). The van der Waals surface area contributed by atoms with Gasteiger partial charge in [-0.05, 0) is 19.3 Å². The summed E-state index contributed by atoms with van der Waals surface area (Å²) in [7, 11) is 0. The van der Waals surface area contributed by atoms with Crippen LogP contribution >= 0.6 is 0 Å². The molecule has 0 aliphatic heterocycles. The van der Waals surface area contributed by atoms with E-state index >= 15 is 0 Å². The Morgan fingerprint density at radius 3 is 0.560 bits per heavy atom. The maximum atomic E-state index is 10.3. The largest absolute Gasteiger partial charge is 0.481 e. The summed E-state index contributed by atoms with van der Waals surface area (Å²) in [6, 6.07) is 0. The molecule has 0 amide bonds. The van der Waals surface area contributed by atoms with Crippen molar-refractivity contribution in [1.82, 2.24) is 0 Å². The van der Waals surface area contributed by atoms with Gasteiger partial charge in [0.15, 0.2) is 0 Å². The highest BCUT2D eigenvalue weighted by molar-refractivity contribution is 5.67. The quantitative estimate of drug-likeness (QED) is 0.0481. The van der Waals surface area contributed by atoms with E-state index in [1.165, 1.54) is 154 Å². The molecule has 8 heteroatoms. The van der Waals surface area contributed by atoms with Gasteiger partial charge in [0.05, 0.1) is 0 Å². The van der Waals surface area contributed by atoms with Crippen LogP contribution in [0, 0.1) is 0 Å². The maximum Gasteiger partial charge on any atom is 0.303 e. The fourth-order valence-electron chi connectivity index (χ4n) is 5.47. The summed E-state index contributed by atoms with van der Waals surface area (Å²) in [6.45, 7) is 7.67. The first-order valence-corrected chi connectivity index (χ1v) is 20.9. The molecule has 0 heterocycles. The molecule has 0 aromatic carbocycles. The molecule has 0 saturated carbocycles. The van der Waals surface area contributed by atoms with Crippen LogP contribution in [0.5, 0.6) is 0 Å². The smallest absolute Gasteiger partial charge is 0.303 e. The van der Waals surface area contributed by atoms with Crippen LogP contribution in [0.25, 0.3) is 0 Å². The minimum atomic E-state index is -0.833. The molecule has 4 N–H and O–H groups in total. The summed E-state index contributed by atoms with van der Waals surface area (Å²) in [5.41, 5.74) is 0. The van der Waals surface area contributed by atoms with E-state index in [0.717, 1.165) is 51.9 Å². The molecule has 0 atom stereocenters. The van der Waals surface area contributed by atoms with Gasteiger partial charge in [-0.2, -0.15) is 0 Å². The Kier molecular flexibility index (Phi) is 56.0. The normalized spacial score (nSPS) is 10.2. The van der Waals surface area contributed by atoms with Gasteiger partial charge in [0.25, 0.3) is 5.97 Å². The van der Waals surface area contributed by atoms with Crippen LogP contribution in [-0.4, -0.2) is 44.3 Å². The molecule has 0 bridgehead atoms. The van der Waals surface area contributed by atoms with E-state index in [4.69, 9.17) is 25.2 Å². The molecule has 0 rings (SSSR count). The first kappa shape index (κ1) is 54.7. The highest BCUT2D eigenvalue weighted by atomic mass is 16.4. The summed E-state index contributed by atoms with van der Waals surface area (Å²) in [5.74, 6) is -2.82. The van der Waals surface area contributed by atoms with Crippen LogP contribution in [0.4, 0.5) is 0 Å². The summed E-state index contributed by atoms with van der Waals surface area (Å²) in [4.78, 5) is 39.5. The van der Waals surface area contributed by atoms with Crippen molar-refractivity contribution in [3.63, 3.8) is 0 Å². The minimum absolute atomic E-state index is 0.327. The number of carboxylic acid groups (broad SMARTS) is 4.